The van der Waals surface area contributed by atoms with E-state index in [0.29, 0.717) is 0 Å². The van der Waals surface area contributed by atoms with Crippen LogP contribution in [0.5, 0.6) is 0 Å². The van der Waals surface area contributed by atoms with Crippen LogP contribution in [0.15, 0.2) is 0 Å². The van der Waals surface area contributed by atoms with Gasteiger partial charge in [0.2, 0.25) is 0 Å². The number of hydrogen-bond donors (Lipinski definition) is 0. The fraction of sp³-hybridized carbons (Fsp3) is 1.00. The van der Waals surface area contributed by atoms with Gasteiger partial charge in [0.05, 0.1) is 0 Å². The van der Waals surface area contributed by atoms with Crippen molar-refractivity contribution in [1.29, 1.82) is 0 Å². The molecule has 0 atom stereocenters. The SMILES string of the molecule is [3H]C(CCCC)CCCC. The minimum absolute atomic E-state index is 0.222. The van der Waals surface area contributed by atoms with E-state index in [2.05, 4.69) is 13.8 Å². The summed E-state index contributed by atoms with van der Waals surface area (Å²) in [5, 5.41) is 0. The summed E-state index contributed by atoms with van der Waals surface area (Å²) in [6, 6.07) is 0. The van der Waals surface area contributed by atoms with E-state index in [-0.39, 0.29) is 6.40 Å². The van der Waals surface area contributed by atoms with Crippen molar-refractivity contribution >= 4 is 0 Å². The van der Waals surface area contributed by atoms with Crippen molar-refractivity contribution in [1.82, 2.24) is 0 Å². The van der Waals surface area contributed by atoms with Gasteiger partial charge in [0, 0.05) is 1.37 Å². The van der Waals surface area contributed by atoms with Gasteiger partial charge in [-0.05, 0) is 0 Å². The average Bonchev–Trinajstić information content (AvgIpc) is 1.97. The molecular weight excluding hydrogens is 108 g/mol. The molecule has 0 nitrogen and oxygen atoms in total. The molecule has 9 heavy (non-hydrogen) atoms. The molecule has 0 aliphatic rings. The maximum Gasteiger partial charge on any atom is 0.0267 e. The number of hydrogen-bond acceptors (Lipinski definition) is 0. The molecule has 0 spiro atoms. The van der Waals surface area contributed by atoms with Crippen LogP contribution in [0.4, 0.5) is 0 Å². The van der Waals surface area contributed by atoms with Crippen LogP contribution < -0.4 is 0 Å². The molecule has 0 aromatic heterocycles. The number of rotatable bonds is 6. The Balaban J connectivity index is 3.00. The zero-order valence-electron chi connectivity index (χ0n) is 7.82. The van der Waals surface area contributed by atoms with E-state index in [1.165, 1.54) is 25.7 Å². The maximum atomic E-state index is 7.58. The van der Waals surface area contributed by atoms with Gasteiger partial charge in [-0.1, -0.05) is 58.8 Å². The van der Waals surface area contributed by atoms with Crippen molar-refractivity contribution in [3.8, 4) is 0 Å². The van der Waals surface area contributed by atoms with Crippen molar-refractivity contribution in [2.75, 3.05) is 0 Å². The fourth-order valence-corrected chi connectivity index (χ4v) is 0.841. The van der Waals surface area contributed by atoms with Gasteiger partial charge in [-0.25, -0.2) is 0 Å². The van der Waals surface area contributed by atoms with Gasteiger partial charge >= 0.3 is 0 Å². The second-order valence-corrected chi connectivity index (χ2v) is 2.57. The Kier molecular flexibility index (Phi) is 6.32. The Hall–Kier alpha value is 0. The topological polar surface area (TPSA) is 0 Å². The molecule has 0 bridgehead atoms. The Morgan fingerprint density at radius 2 is 1.33 bits per heavy atom. The molecule has 0 saturated heterocycles. The van der Waals surface area contributed by atoms with Crippen LogP contribution in [0.3, 0.4) is 0 Å². The van der Waals surface area contributed by atoms with Crippen molar-refractivity contribution < 1.29 is 1.37 Å². The average molecular weight is 130 g/mol. The molecule has 0 fully saturated rings. The highest BCUT2D eigenvalue weighted by Gasteiger charge is 1.85. The van der Waals surface area contributed by atoms with E-state index in [4.69, 9.17) is 1.37 Å². The summed E-state index contributed by atoms with van der Waals surface area (Å²) < 4.78 is 7.58. The Labute approximate surface area is 61.1 Å². The monoisotopic (exact) mass is 130 g/mol. The predicted molar refractivity (Wildman–Crippen MR) is 43.7 cm³/mol. The summed E-state index contributed by atoms with van der Waals surface area (Å²) in [4.78, 5) is 0. The summed E-state index contributed by atoms with van der Waals surface area (Å²) in [5.41, 5.74) is 0. The lowest BCUT2D eigenvalue weighted by Crippen LogP contribution is -1.76. The summed E-state index contributed by atoms with van der Waals surface area (Å²) >= 11 is 0. The number of unbranched alkanes of at least 4 members (excludes halogenated alkanes) is 2. The lowest BCUT2D eigenvalue weighted by atomic mass is 10.1. The largest absolute Gasteiger partial charge is 0.0654 e. The second-order valence-electron chi connectivity index (χ2n) is 2.57. The van der Waals surface area contributed by atoms with Crippen LogP contribution in [0, 0.1) is 0 Å². The minimum atomic E-state index is 0.222. The molecule has 0 unspecified atom stereocenters. The van der Waals surface area contributed by atoms with E-state index in [1.54, 1.807) is 0 Å². The highest BCUT2D eigenvalue weighted by atomic mass is 13.9. The smallest absolute Gasteiger partial charge is 0.0267 e. The van der Waals surface area contributed by atoms with Gasteiger partial charge in [-0.3, -0.25) is 0 Å². The maximum absolute atomic E-state index is 7.58. The highest BCUT2D eigenvalue weighted by Crippen LogP contribution is 2.05. The van der Waals surface area contributed by atoms with Crippen molar-refractivity contribution in [3.63, 3.8) is 0 Å². The van der Waals surface area contributed by atoms with Crippen LogP contribution in [0.2, 0.25) is 0 Å². The molecular formula is C9H20. The summed E-state index contributed by atoms with van der Waals surface area (Å²) in [6.07, 6.45) is 7.38. The molecule has 0 aliphatic heterocycles. The molecule has 0 aliphatic carbocycles. The summed E-state index contributed by atoms with van der Waals surface area (Å²) in [6.45, 7) is 4.37. The molecule has 0 heteroatoms. The third-order valence-electron chi connectivity index (χ3n) is 1.52. The third kappa shape index (κ3) is 8.00. The molecule has 0 heterocycles. The normalized spacial score (nSPS) is 12.1. The molecule has 56 valence electrons. The Morgan fingerprint density at radius 1 is 0.889 bits per heavy atom. The van der Waals surface area contributed by atoms with E-state index >= 15 is 0 Å². The van der Waals surface area contributed by atoms with E-state index in [1.807, 2.05) is 0 Å². The van der Waals surface area contributed by atoms with Crippen LogP contribution in [0.25, 0.3) is 0 Å². The van der Waals surface area contributed by atoms with Crippen molar-refractivity contribution in [2.45, 2.75) is 58.8 Å². The van der Waals surface area contributed by atoms with Gasteiger partial charge in [-0.2, -0.15) is 0 Å². The van der Waals surface area contributed by atoms with Gasteiger partial charge in [0.25, 0.3) is 0 Å². The quantitative estimate of drug-likeness (QED) is 0.513. The molecule has 0 aromatic carbocycles. The fourth-order valence-electron chi connectivity index (χ4n) is 0.841. The molecule has 0 rings (SSSR count). The van der Waals surface area contributed by atoms with Crippen LogP contribution in [-0.2, 0) is 0 Å². The van der Waals surface area contributed by atoms with Crippen molar-refractivity contribution in [2.24, 2.45) is 0 Å². The minimum Gasteiger partial charge on any atom is -0.0654 e. The van der Waals surface area contributed by atoms with Gasteiger partial charge in [-0.15, -0.1) is 0 Å². The first-order valence-electron chi connectivity index (χ1n) is 4.81. The summed E-state index contributed by atoms with van der Waals surface area (Å²) in [7, 11) is 0. The molecule has 0 N–H and O–H groups in total. The lowest BCUT2D eigenvalue weighted by Gasteiger charge is -1.96. The Morgan fingerprint density at radius 3 is 1.67 bits per heavy atom. The summed E-state index contributed by atoms with van der Waals surface area (Å²) in [5.74, 6) is 0. The molecule has 0 saturated carbocycles. The van der Waals surface area contributed by atoms with Crippen LogP contribution in [-0.4, -0.2) is 0 Å². The zero-order valence-corrected chi connectivity index (χ0v) is 6.82. The Bertz CT molecular complexity index is 53.7. The highest BCUT2D eigenvalue weighted by molar-refractivity contribution is 4.41. The van der Waals surface area contributed by atoms with E-state index in [9.17, 15) is 0 Å². The van der Waals surface area contributed by atoms with Gasteiger partial charge in [0.15, 0.2) is 0 Å². The lowest BCUT2D eigenvalue weighted by molar-refractivity contribution is 0.602. The second kappa shape index (κ2) is 8.00. The molecule has 0 radical (unpaired) electrons. The van der Waals surface area contributed by atoms with Gasteiger partial charge in [0.1, 0.15) is 0 Å². The van der Waals surface area contributed by atoms with E-state index in [0.717, 1.165) is 12.8 Å². The first kappa shape index (κ1) is 7.11. The van der Waals surface area contributed by atoms with Crippen LogP contribution in [0.1, 0.15) is 60.1 Å². The van der Waals surface area contributed by atoms with E-state index < -0.39 is 0 Å². The van der Waals surface area contributed by atoms with Gasteiger partial charge < -0.3 is 0 Å². The predicted octanol–water partition coefficient (Wildman–Crippen LogP) is 3.76. The zero-order chi connectivity index (χ0) is 7.82. The first-order chi connectivity index (χ1) is 4.81. The molecule has 0 amide bonds. The first-order valence-corrected chi connectivity index (χ1v) is 4.23. The standard InChI is InChI=1S/C9H20/c1-3-5-7-9-8-6-4-2/h3-9H2,1-2H3/i9T. The molecule has 0 aromatic rings. The third-order valence-corrected chi connectivity index (χ3v) is 1.52. The van der Waals surface area contributed by atoms with Crippen molar-refractivity contribution in [3.05, 3.63) is 0 Å². The van der Waals surface area contributed by atoms with Crippen LogP contribution >= 0.6 is 0 Å².